The molecule has 5 heteroatoms. The summed E-state index contributed by atoms with van der Waals surface area (Å²) in [5.41, 5.74) is 6.52. The van der Waals surface area contributed by atoms with Gasteiger partial charge in [-0.1, -0.05) is 57.7 Å². The number of para-hydroxylation sites is 2. The lowest BCUT2D eigenvalue weighted by molar-refractivity contribution is -0.770. The van der Waals surface area contributed by atoms with Gasteiger partial charge in [-0.25, -0.2) is 0 Å². The van der Waals surface area contributed by atoms with Crippen molar-refractivity contribution in [2.45, 2.75) is 23.9 Å². The normalized spacial score (nSPS) is 18.1. The van der Waals surface area contributed by atoms with Crippen molar-refractivity contribution >= 4 is 35.6 Å². The maximum Gasteiger partial charge on any atom is 0.584 e. The summed E-state index contributed by atoms with van der Waals surface area (Å²) in [5, 5.41) is -0.909. The van der Waals surface area contributed by atoms with Crippen LogP contribution in [0.3, 0.4) is 0 Å². The number of hydrogen-bond acceptors (Lipinski definition) is 3. The topological polar surface area (TPSA) is 24.5 Å². The molecule has 4 nitrogen and oxygen atoms in total. The van der Waals surface area contributed by atoms with Crippen molar-refractivity contribution in [1.82, 2.24) is 0 Å². The molecule has 1 unspecified atom stereocenters. The van der Waals surface area contributed by atoms with Crippen molar-refractivity contribution in [2.75, 3.05) is 7.11 Å². The quantitative estimate of drug-likeness (QED) is 0.308. The second-order valence-electron chi connectivity index (χ2n) is 8.78. The number of rotatable bonds is 3. The van der Waals surface area contributed by atoms with Gasteiger partial charge in [0, 0.05) is 29.2 Å². The average Bonchev–Trinajstić information content (AvgIpc) is 2.90. The van der Waals surface area contributed by atoms with E-state index < -0.39 is 5.18 Å². The molecule has 1 atom stereocenters. The smallest absolute Gasteiger partial charge is 0.497 e. The van der Waals surface area contributed by atoms with Gasteiger partial charge < -0.3 is 9.47 Å². The zero-order valence-corrected chi connectivity index (χ0v) is 20.8. The van der Waals surface area contributed by atoms with Gasteiger partial charge in [-0.3, -0.25) is 0 Å². The van der Waals surface area contributed by atoms with Crippen LogP contribution in [0.5, 0.6) is 11.5 Å². The maximum absolute atomic E-state index is 7.13. The first-order chi connectivity index (χ1) is 17.1. The number of fused-ring (bicyclic) bond motifs is 2. The van der Waals surface area contributed by atoms with Crippen LogP contribution in [0.2, 0.25) is 0 Å². The summed E-state index contributed by atoms with van der Waals surface area (Å²) in [6, 6.07) is 31.3. The van der Waals surface area contributed by atoms with Crippen molar-refractivity contribution in [2.24, 2.45) is 0 Å². The molecule has 0 N–H and O–H groups in total. The average molecular weight is 479 g/mol. The van der Waals surface area contributed by atoms with Crippen LogP contribution in [0.4, 0.5) is 11.4 Å². The van der Waals surface area contributed by atoms with Crippen LogP contribution < -0.4 is 9.47 Å². The first kappa shape index (κ1) is 21.7. The number of methoxy groups -OCH3 is 1. The molecule has 0 saturated heterocycles. The predicted octanol–water partition coefficient (Wildman–Crippen LogP) is 6.65. The van der Waals surface area contributed by atoms with Crippen LogP contribution in [0.1, 0.15) is 22.3 Å². The third-order valence-electron chi connectivity index (χ3n) is 6.44. The Morgan fingerprint density at radius 3 is 1.97 bits per heavy atom. The fraction of sp³-hybridized carbons (Fsp3) is 0.133. The fourth-order valence-electron chi connectivity index (χ4n) is 4.73. The first-order valence-electron chi connectivity index (χ1n) is 11.6. The first-order valence-corrected chi connectivity index (χ1v) is 12.5. The summed E-state index contributed by atoms with van der Waals surface area (Å²) in [4.78, 5) is 1.21. The van der Waals surface area contributed by atoms with E-state index in [1.807, 2.05) is 24.3 Å². The van der Waals surface area contributed by atoms with Gasteiger partial charge in [0.05, 0.1) is 30.0 Å². The molecule has 4 aromatic carbocycles. The molecule has 1 spiro atoms. The molecular formula is C30H26N2O2S+2. The molecular weight excluding hydrogens is 452 g/mol. The van der Waals surface area contributed by atoms with Crippen molar-refractivity contribution in [1.29, 1.82) is 0 Å². The highest BCUT2D eigenvalue weighted by Crippen LogP contribution is 2.49. The Bertz CT molecular complexity index is 1500. The molecule has 6 rings (SSSR count). The molecule has 0 aromatic heterocycles. The van der Waals surface area contributed by atoms with Gasteiger partial charge in [0.25, 0.3) is 0 Å². The monoisotopic (exact) mass is 478 g/mol. The second-order valence-corrected chi connectivity index (χ2v) is 9.92. The van der Waals surface area contributed by atoms with E-state index in [9.17, 15) is 0 Å². The van der Waals surface area contributed by atoms with Gasteiger partial charge >= 0.3 is 5.18 Å². The third kappa shape index (κ3) is 3.55. The minimum atomic E-state index is -0.909. The molecule has 0 saturated carbocycles. The number of ether oxygens (including phenoxy) is 2. The van der Waals surface area contributed by atoms with Crippen LogP contribution in [-0.4, -0.2) is 33.9 Å². The Labute approximate surface area is 209 Å². The highest BCUT2D eigenvalue weighted by molar-refractivity contribution is 8.00. The Kier molecular flexibility index (Phi) is 5.23. The molecule has 4 aromatic rings. The third-order valence-corrected chi connectivity index (χ3v) is 7.94. The highest BCUT2D eigenvalue weighted by Gasteiger charge is 2.63. The maximum atomic E-state index is 7.13. The minimum absolute atomic E-state index is 0.814. The zero-order chi connectivity index (χ0) is 24.0. The lowest BCUT2D eigenvalue weighted by Crippen LogP contribution is -2.55. The standard InChI is InChI=1S/C30H26N2O2S/c1-21-11-10-12-23-19-31(25-13-6-4-7-14-25)30(35-29(21)23)32(26-15-8-5-9-16-26)20-24-18-27(33-3)17-22(2)28(24)34-30/h4-20H,1-3H3/q+2. The number of nitrogens with zero attached hydrogens (tertiary/aromatic N) is 2. The molecule has 0 bridgehead atoms. The van der Waals surface area contributed by atoms with E-state index in [0.717, 1.165) is 34.0 Å². The van der Waals surface area contributed by atoms with Crippen LogP contribution in [-0.2, 0) is 0 Å². The molecule has 0 amide bonds. The molecule has 2 aliphatic heterocycles. The van der Waals surface area contributed by atoms with Gasteiger partial charge in [0.15, 0.2) is 18.2 Å². The SMILES string of the molecule is COc1cc(C)c2c(c1)C=[N+](c1ccccc1)C1(O2)Sc2c(C)cccc2C=[N+]1c1ccccc1. The molecule has 2 heterocycles. The summed E-state index contributed by atoms with van der Waals surface area (Å²) in [6.07, 6.45) is 4.39. The Balaban J connectivity index is 1.68. The highest BCUT2D eigenvalue weighted by atomic mass is 32.2. The fourth-order valence-corrected chi connectivity index (χ4v) is 6.10. The molecule has 2 aliphatic rings. The van der Waals surface area contributed by atoms with Crippen molar-refractivity contribution in [3.63, 3.8) is 0 Å². The molecule has 35 heavy (non-hydrogen) atoms. The Morgan fingerprint density at radius 1 is 0.714 bits per heavy atom. The van der Waals surface area contributed by atoms with Crippen molar-refractivity contribution in [3.05, 3.63) is 113 Å². The summed E-state index contributed by atoms with van der Waals surface area (Å²) >= 11 is 1.73. The van der Waals surface area contributed by atoms with Crippen molar-refractivity contribution < 1.29 is 18.6 Å². The molecule has 0 radical (unpaired) electrons. The summed E-state index contributed by atoms with van der Waals surface area (Å²) in [5.74, 6) is 1.67. The van der Waals surface area contributed by atoms with E-state index >= 15 is 0 Å². The van der Waals surface area contributed by atoms with Crippen LogP contribution in [0.25, 0.3) is 0 Å². The van der Waals surface area contributed by atoms with Gasteiger partial charge in [-0.05, 0) is 43.2 Å². The van der Waals surface area contributed by atoms with Gasteiger partial charge in [-0.2, -0.15) is 0 Å². The van der Waals surface area contributed by atoms with Crippen molar-refractivity contribution in [3.8, 4) is 11.5 Å². The summed E-state index contributed by atoms with van der Waals surface area (Å²) < 4.78 is 17.2. The number of benzene rings is 4. The van der Waals surface area contributed by atoms with E-state index in [1.54, 1.807) is 18.9 Å². The molecule has 0 aliphatic carbocycles. The molecule has 0 fully saturated rings. The number of hydrogen-bond donors (Lipinski definition) is 0. The largest absolute Gasteiger partial charge is 0.584 e. The van der Waals surface area contributed by atoms with Crippen LogP contribution in [0, 0.1) is 13.8 Å². The van der Waals surface area contributed by atoms with Gasteiger partial charge in [-0.15, -0.1) is 0 Å². The van der Waals surface area contributed by atoms with Gasteiger partial charge in [0.2, 0.25) is 11.4 Å². The van der Waals surface area contributed by atoms with Crippen LogP contribution in [0.15, 0.2) is 95.9 Å². The number of thioether (sulfide) groups is 1. The Hall–Kier alpha value is -3.83. The molecule has 172 valence electrons. The van der Waals surface area contributed by atoms with E-state index in [2.05, 4.69) is 102 Å². The lowest BCUT2D eigenvalue weighted by atomic mass is 10.1. The minimum Gasteiger partial charge on any atom is -0.497 e. The summed E-state index contributed by atoms with van der Waals surface area (Å²) in [7, 11) is 1.70. The van der Waals surface area contributed by atoms with Crippen LogP contribution >= 0.6 is 11.8 Å². The predicted molar refractivity (Wildman–Crippen MR) is 141 cm³/mol. The summed E-state index contributed by atoms with van der Waals surface area (Å²) in [6.45, 7) is 4.24. The van der Waals surface area contributed by atoms with E-state index in [-0.39, 0.29) is 0 Å². The second kappa shape index (κ2) is 8.43. The van der Waals surface area contributed by atoms with E-state index in [1.165, 1.54) is 16.0 Å². The number of aryl methyl sites for hydroxylation is 2. The van der Waals surface area contributed by atoms with Gasteiger partial charge in [0.1, 0.15) is 5.75 Å². The zero-order valence-electron chi connectivity index (χ0n) is 19.9. The Morgan fingerprint density at radius 2 is 1.34 bits per heavy atom. The lowest BCUT2D eigenvalue weighted by Gasteiger charge is -2.32. The van der Waals surface area contributed by atoms with E-state index in [4.69, 9.17) is 9.47 Å². The van der Waals surface area contributed by atoms with E-state index in [0.29, 0.717) is 0 Å².